The van der Waals surface area contributed by atoms with Crippen molar-refractivity contribution in [3.05, 3.63) is 52.0 Å². The highest BCUT2D eigenvalue weighted by atomic mass is 35.5. The first kappa shape index (κ1) is 20.8. The fourth-order valence-electron chi connectivity index (χ4n) is 2.69. The van der Waals surface area contributed by atoms with E-state index >= 15 is 0 Å². The summed E-state index contributed by atoms with van der Waals surface area (Å²) in [5, 5.41) is 3.76. The second-order valence-corrected chi connectivity index (χ2v) is 8.36. The number of rotatable bonds is 7. The van der Waals surface area contributed by atoms with Gasteiger partial charge in [-0.3, -0.25) is 5.32 Å². The molecule has 1 amide bonds. The van der Waals surface area contributed by atoms with E-state index in [4.69, 9.17) is 32.7 Å². The van der Waals surface area contributed by atoms with Crippen LogP contribution in [-0.2, 0) is 10.3 Å². The van der Waals surface area contributed by atoms with Crippen LogP contribution in [0.3, 0.4) is 0 Å². The number of nitrogens with one attached hydrogen (secondary N) is 1. The van der Waals surface area contributed by atoms with Gasteiger partial charge in [0.25, 0.3) is 0 Å². The highest BCUT2D eigenvalue weighted by Crippen LogP contribution is 2.37. The molecule has 1 N–H and O–H groups in total. The van der Waals surface area contributed by atoms with Crippen LogP contribution in [0.4, 0.5) is 10.5 Å². The molecule has 2 aromatic carbocycles. The number of ether oxygens (including phenoxy) is 2. The first-order chi connectivity index (χ1) is 13.3. The molecule has 0 saturated heterocycles. The second-order valence-electron chi connectivity index (χ2n) is 6.68. The number of benzene rings is 2. The number of halogens is 2. The molecule has 0 unspecified atom stereocenters. The maximum absolute atomic E-state index is 11.6. The van der Waals surface area contributed by atoms with Crippen LogP contribution in [0.2, 0.25) is 10.0 Å². The molecule has 1 heterocycles. The molecule has 0 spiro atoms. The lowest BCUT2D eigenvalue weighted by atomic mass is 9.94. The number of anilines is 1. The number of hydrogen-bond acceptors (Lipinski definition) is 5. The number of fused-ring (bicyclic) bond motifs is 1. The highest BCUT2D eigenvalue weighted by molar-refractivity contribution is 7.98. The molecule has 2 aromatic rings. The Morgan fingerprint density at radius 3 is 2.82 bits per heavy atom. The SMILES string of the molecule is CC1(C)OC(=O)Nc2ccc(OCCCC=NSc3ccc(Cl)c(Cl)c3)cc21. The third kappa shape index (κ3) is 5.34. The zero-order chi connectivity index (χ0) is 20.1. The van der Waals surface area contributed by atoms with Crippen molar-refractivity contribution in [2.24, 2.45) is 4.40 Å². The molecule has 3 rings (SSSR count). The van der Waals surface area contributed by atoms with Gasteiger partial charge in [-0.1, -0.05) is 23.2 Å². The maximum Gasteiger partial charge on any atom is 0.412 e. The Bertz CT molecular complexity index is 903. The van der Waals surface area contributed by atoms with Crippen LogP contribution in [0.5, 0.6) is 5.75 Å². The average molecular weight is 439 g/mol. The van der Waals surface area contributed by atoms with E-state index in [1.807, 2.05) is 44.3 Å². The van der Waals surface area contributed by atoms with Crippen molar-refractivity contribution in [3.63, 3.8) is 0 Å². The minimum atomic E-state index is -0.689. The second kappa shape index (κ2) is 9.07. The predicted octanol–water partition coefficient (Wildman–Crippen LogP) is 6.73. The number of carbonyl (C=O) groups is 1. The van der Waals surface area contributed by atoms with Crippen LogP contribution in [0.25, 0.3) is 0 Å². The van der Waals surface area contributed by atoms with Crippen LogP contribution in [0, 0.1) is 0 Å². The van der Waals surface area contributed by atoms with Crippen molar-refractivity contribution in [2.75, 3.05) is 11.9 Å². The summed E-state index contributed by atoms with van der Waals surface area (Å²) >= 11 is 13.2. The minimum Gasteiger partial charge on any atom is -0.494 e. The molecular formula is C20H20Cl2N2O3S. The van der Waals surface area contributed by atoms with Crippen molar-refractivity contribution in [1.82, 2.24) is 0 Å². The Labute approximate surface area is 178 Å². The zero-order valence-electron chi connectivity index (χ0n) is 15.5. The van der Waals surface area contributed by atoms with E-state index in [1.165, 1.54) is 11.9 Å². The fourth-order valence-corrected chi connectivity index (χ4v) is 3.66. The van der Waals surface area contributed by atoms with E-state index in [0.29, 0.717) is 16.7 Å². The van der Waals surface area contributed by atoms with Gasteiger partial charge in [0, 0.05) is 28.6 Å². The summed E-state index contributed by atoms with van der Waals surface area (Å²) in [7, 11) is 0. The summed E-state index contributed by atoms with van der Waals surface area (Å²) in [6.07, 6.45) is 3.04. The number of carbonyl (C=O) groups excluding carboxylic acids is 1. The van der Waals surface area contributed by atoms with E-state index in [2.05, 4.69) is 9.71 Å². The molecule has 0 fully saturated rings. The van der Waals surface area contributed by atoms with Crippen LogP contribution in [0.1, 0.15) is 32.3 Å². The quantitative estimate of drug-likeness (QED) is 0.295. The van der Waals surface area contributed by atoms with Crippen molar-refractivity contribution in [2.45, 2.75) is 37.2 Å². The minimum absolute atomic E-state index is 0.441. The topological polar surface area (TPSA) is 59.9 Å². The molecule has 8 heteroatoms. The van der Waals surface area contributed by atoms with E-state index < -0.39 is 11.7 Å². The molecule has 1 aliphatic heterocycles. The molecule has 0 saturated carbocycles. The summed E-state index contributed by atoms with van der Waals surface area (Å²) in [4.78, 5) is 12.5. The van der Waals surface area contributed by atoms with E-state index in [0.717, 1.165) is 34.7 Å². The molecule has 5 nitrogen and oxygen atoms in total. The summed E-state index contributed by atoms with van der Waals surface area (Å²) < 4.78 is 15.5. The third-order valence-corrected chi connectivity index (χ3v) is 5.55. The largest absolute Gasteiger partial charge is 0.494 e. The van der Waals surface area contributed by atoms with Gasteiger partial charge >= 0.3 is 6.09 Å². The molecule has 0 aliphatic carbocycles. The number of cyclic esters (lactones) is 1. The third-order valence-electron chi connectivity index (χ3n) is 4.09. The number of amides is 1. The van der Waals surface area contributed by atoms with Gasteiger partial charge in [0.1, 0.15) is 11.4 Å². The van der Waals surface area contributed by atoms with E-state index in [-0.39, 0.29) is 0 Å². The Balaban J connectivity index is 1.44. The maximum atomic E-state index is 11.6. The van der Waals surface area contributed by atoms with Gasteiger partial charge in [-0.25, -0.2) is 9.19 Å². The van der Waals surface area contributed by atoms with Gasteiger partial charge in [0.05, 0.1) is 22.3 Å². The summed E-state index contributed by atoms with van der Waals surface area (Å²) in [5.41, 5.74) is 0.954. The summed E-state index contributed by atoms with van der Waals surface area (Å²) in [6.45, 7) is 4.28. The molecular weight excluding hydrogens is 419 g/mol. The standard InChI is InChI=1S/C20H20Cl2N2O3S/c1-20(2)15-11-13(5-8-18(15)24-19(25)27-20)26-10-4-3-9-23-28-14-6-7-16(21)17(22)12-14/h5-9,11-12H,3-4,10H2,1-2H3,(H,24,25). The first-order valence-electron chi connectivity index (χ1n) is 8.76. The van der Waals surface area contributed by atoms with Crippen LogP contribution in [-0.4, -0.2) is 18.9 Å². The lowest BCUT2D eigenvalue weighted by Crippen LogP contribution is -2.34. The fraction of sp³-hybridized carbons (Fsp3) is 0.300. The zero-order valence-corrected chi connectivity index (χ0v) is 17.8. The Kier molecular flexibility index (Phi) is 6.75. The van der Waals surface area contributed by atoms with Gasteiger partial charge < -0.3 is 9.47 Å². The van der Waals surface area contributed by atoms with Crippen molar-refractivity contribution < 1.29 is 14.3 Å². The lowest BCUT2D eigenvalue weighted by Gasteiger charge is -2.32. The first-order valence-corrected chi connectivity index (χ1v) is 10.3. The highest BCUT2D eigenvalue weighted by Gasteiger charge is 2.33. The number of nitrogens with zero attached hydrogens (tertiary/aromatic N) is 1. The van der Waals surface area contributed by atoms with Gasteiger partial charge in [0.15, 0.2) is 0 Å². The number of unbranched alkanes of at least 4 members (excludes halogenated alkanes) is 1. The lowest BCUT2D eigenvalue weighted by molar-refractivity contribution is 0.0418. The molecule has 0 radical (unpaired) electrons. The molecule has 0 atom stereocenters. The number of hydrogen-bond donors (Lipinski definition) is 1. The summed E-state index contributed by atoms with van der Waals surface area (Å²) in [6, 6.07) is 11.0. The molecule has 148 valence electrons. The Hall–Kier alpha value is -1.89. The van der Waals surface area contributed by atoms with E-state index in [1.54, 1.807) is 12.1 Å². The molecule has 0 bridgehead atoms. The van der Waals surface area contributed by atoms with Crippen molar-refractivity contribution in [1.29, 1.82) is 0 Å². The Morgan fingerprint density at radius 2 is 2.04 bits per heavy atom. The van der Waals surface area contributed by atoms with Crippen molar-refractivity contribution >= 4 is 53.1 Å². The predicted molar refractivity (Wildman–Crippen MR) is 115 cm³/mol. The molecule has 0 aromatic heterocycles. The van der Waals surface area contributed by atoms with Crippen molar-refractivity contribution in [3.8, 4) is 5.75 Å². The van der Waals surface area contributed by atoms with Gasteiger partial charge in [-0.15, -0.1) is 0 Å². The van der Waals surface area contributed by atoms with Crippen LogP contribution >= 0.6 is 35.1 Å². The Morgan fingerprint density at radius 1 is 1.21 bits per heavy atom. The normalized spacial score (nSPS) is 15.1. The molecule has 28 heavy (non-hydrogen) atoms. The van der Waals surface area contributed by atoms with Crippen LogP contribution in [0.15, 0.2) is 45.7 Å². The van der Waals surface area contributed by atoms with Gasteiger partial charge in [0.2, 0.25) is 0 Å². The molecule has 1 aliphatic rings. The summed E-state index contributed by atoms with van der Waals surface area (Å²) in [5.74, 6) is 0.744. The van der Waals surface area contributed by atoms with Gasteiger partial charge in [-0.05, 0) is 63.1 Å². The van der Waals surface area contributed by atoms with Crippen LogP contribution < -0.4 is 10.1 Å². The monoisotopic (exact) mass is 438 g/mol. The average Bonchev–Trinajstić information content (AvgIpc) is 2.63. The smallest absolute Gasteiger partial charge is 0.412 e. The van der Waals surface area contributed by atoms with Gasteiger partial charge in [-0.2, -0.15) is 0 Å². The van der Waals surface area contributed by atoms with E-state index in [9.17, 15) is 4.79 Å².